The third-order valence-electron chi connectivity index (χ3n) is 5.24. The second kappa shape index (κ2) is 7.94. The van der Waals surface area contributed by atoms with Crippen LogP contribution in [0.3, 0.4) is 0 Å². The first-order chi connectivity index (χ1) is 14.8. The first-order valence-corrected chi connectivity index (χ1v) is 9.90. The molecule has 9 heteroatoms. The molecule has 0 aliphatic carbocycles. The molecule has 4 aromatic rings. The summed E-state index contributed by atoms with van der Waals surface area (Å²) < 4.78 is 11.2. The number of rotatable bonds is 5. The molecule has 9 nitrogen and oxygen atoms in total. The van der Waals surface area contributed by atoms with Crippen molar-refractivity contribution in [2.24, 2.45) is 0 Å². The van der Waals surface area contributed by atoms with E-state index in [0.29, 0.717) is 24.0 Å². The number of nitrogens with one attached hydrogen (secondary N) is 1. The van der Waals surface area contributed by atoms with Crippen molar-refractivity contribution in [1.82, 2.24) is 30.5 Å². The Hall–Kier alpha value is -3.75. The number of ether oxygens (including phenoxy) is 1. The number of nitrogens with zero attached hydrogens (tertiary/aromatic N) is 5. The number of fused-ring (bicyclic) bond motifs is 1. The molecule has 1 amide bonds. The number of piperidine rings is 1. The fraction of sp³-hybridized carbons (Fsp3) is 0.286. The number of benzene rings is 2. The molecule has 2 aromatic carbocycles. The Morgan fingerprint density at radius 2 is 2.10 bits per heavy atom. The Balaban J connectivity index is 1.33. The molecule has 3 heterocycles. The van der Waals surface area contributed by atoms with E-state index in [0.717, 1.165) is 35.9 Å². The van der Waals surface area contributed by atoms with Crippen molar-refractivity contribution in [1.29, 1.82) is 0 Å². The number of para-hydroxylation sites is 1. The van der Waals surface area contributed by atoms with Crippen LogP contribution in [0.2, 0.25) is 0 Å². The Kier molecular flexibility index (Phi) is 4.84. The number of amides is 1. The molecule has 1 N–H and O–H groups in total. The van der Waals surface area contributed by atoms with Gasteiger partial charge in [0.25, 0.3) is 5.91 Å². The highest BCUT2D eigenvalue weighted by Crippen LogP contribution is 2.31. The number of carbonyl (C=O) groups is 1. The van der Waals surface area contributed by atoms with Gasteiger partial charge in [-0.2, -0.15) is 4.98 Å². The molecule has 1 unspecified atom stereocenters. The van der Waals surface area contributed by atoms with Crippen molar-refractivity contribution in [3.8, 4) is 17.1 Å². The lowest BCUT2D eigenvalue weighted by Crippen LogP contribution is -2.41. The van der Waals surface area contributed by atoms with E-state index in [2.05, 4.69) is 25.6 Å². The summed E-state index contributed by atoms with van der Waals surface area (Å²) in [5.41, 5.74) is 2.35. The minimum absolute atomic E-state index is 0.0235. The number of H-pyrrole nitrogens is 1. The van der Waals surface area contributed by atoms with Crippen molar-refractivity contribution in [2.45, 2.75) is 25.3 Å². The Bertz CT molecular complexity index is 1160. The van der Waals surface area contributed by atoms with E-state index in [1.165, 1.54) is 0 Å². The lowest BCUT2D eigenvalue weighted by atomic mass is 10.0. The summed E-state index contributed by atoms with van der Waals surface area (Å²) in [5.74, 6) is 1.49. The molecule has 1 fully saturated rings. The van der Waals surface area contributed by atoms with Crippen molar-refractivity contribution < 1.29 is 14.1 Å². The third kappa shape index (κ3) is 3.61. The van der Waals surface area contributed by atoms with E-state index in [1.54, 1.807) is 4.90 Å². The number of hydrogen-bond acceptors (Lipinski definition) is 7. The molecular formula is C21H20N6O3. The highest BCUT2D eigenvalue weighted by molar-refractivity contribution is 5.79. The smallest absolute Gasteiger partial charge is 0.261 e. The maximum Gasteiger partial charge on any atom is 0.261 e. The molecule has 5 rings (SSSR count). The number of carbonyl (C=O) groups excluding carboxylic acids is 1. The SMILES string of the molecule is O=C(COc1ccccc1)N1CCCCC1c1nc(-c2ccc3[nH]nnc3c2)no1. The third-order valence-corrected chi connectivity index (χ3v) is 5.24. The van der Waals surface area contributed by atoms with Crippen LogP contribution in [0.5, 0.6) is 5.75 Å². The summed E-state index contributed by atoms with van der Waals surface area (Å²) in [6.07, 6.45) is 2.72. The van der Waals surface area contributed by atoms with E-state index < -0.39 is 0 Å². The highest BCUT2D eigenvalue weighted by Gasteiger charge is 2.32. The minimum Gasteiger partial charge on any atom is -0.484 e. The van der Waals surface area contributed by atoms with Crippen LogP contribution in [0.25, 0.3) is 22.4 Å². The molecular weight excluding hydrogens is 384 g/mol. The molecule has 1 saturated heterocycles. The van der Waals surface area contributed by atoms with Gasteiger partial charge in [-0.15, -0.1) is 5.10 Å². The molecule has 0 bridgehead atoms. The lowest BCUT2D eigenvalue weighted by molar-refractivity contribution is -0.138. The molecule has 1 atom stereocenters. The van der Waals surface area contributed by atoms with Gasteiger partial charge in [0.15, 0.2) is 6.61 Å². The zero-order chi connectivity index (χ0) is 20.3. The molecule has 152 valence electrons. The molecule has 0 radical (unpaired) electrons. The van der Waals surface area contributed by atoms with Gasteiger partial charge in [0.05, 0.1) is 5.52 Å². The molecule has 0 saturated carbocycles. The summed E-state index contributed by atoms with van der Waals surface area (Å²) in [4.78, 5) is 19.2. The molecule has 2 aromatic heterocycles. The maximum atomic E-state index is 12.8. The van der Waals surface area contributed by atoms with Crippen LogP contribution in [0.1, 0.15) is 31.2 Å². The average molecular weight is 404 g/mol. The topological polar surface area (TPSA) is 110 Å². The van der Waals surface area contributed by atoms with Crippen molar-refractivity contribution in [2.75, 3.05) is 13.2 Å². The van der Waals surface area contributed by atoms with Crippen molar-refractivity contribution in [3.63, 3.8) is 0 Å². The quantitative estimate of drug-likeness (QED) is 0.544. The number of aromatic amines is 1. The molecule has 1 aliphatic heterocycles. The van der Waals surface area contributed by atoms with Crippen LogP contribution in [-0.4, -0.2) is 49.5 Å². The second-order valence-corrected chi connectivity index (χ2v) is 7.20. The highest BCUT2D eigenvalue weighted by atomic mass is 16.5. The zero-order valence-electron chi connectivity index (χ0n) is 16.2. The summed E-state index contributed by atoms with van der Waals surface area (Å²) in [6, 6.07) is 14.7. The van der Waals surface area contributed by atoms with Crippen LogP contribution in [0, 0.1) is 0 Å². The molecule has 0 spiro atoms. The summed E-state index contributed by atoms with van der Waals surface area (Å²) in [5, 5.41) is 14.8. The first kappa shape index (κ1) is 18.3. The minimum atomic E-state index is -0.248. The van der Waals surface area contributed by atoms with Crippen molar-refractivity contribution in [3.05, 3.63) is 54.4 Å². The average Bonchev–Trinajstić information content (AvgIpc) is 3.47. The normalized spacial score (nSPS) is 16.7. The van der Waals surface area contributed by atoms with E-state index in [-0.39, 0.29) is 18.6 Å². The Morgan fingerprint density at radius 3 is 3.00 bits per heavy atom. The summed E-state index contributed by atoms with van der Waals surface area (Å²) in [6.45, 7) is 0.620. The van der Waals surface area contributed by atoms with Gasteiger partial charge in [0.2, 0.25) is 11.7 Å². The maximum absolute atomic E-state index is 12.8. The largest absolute Gasteiger partial charge is 0.484 e. The lowest BCUT2D eigenvalue weighted by Gasteiger charge is -2.33. The van der Waals surface area contributed by atoms with Gasteiger partial charge in [-0.3, -0.25) is 9.89 Å². The predicted octanol–water partition coefficient (Wildman–Crippen LogP) is 3.14. The first-order valence-electron chi connectivity index (χ1n) is 9.90. The number of likely N-dealkylation sites (tertiary alicyclic amines) is 1. The number of hydrogen-bond donors (Lipinski definition) is 1. The van der Waals surface area contributed by atoms with Gasteiger partial charge >= 0.3 is 0 Å². The molecule has 30 heavy (non-hydrogen) atoms. The van der Waals surface area contributed by atoms with E-state index in [1.807, 2.05) is 48.5 Å². The zero-order valence-corrected chi connectivity index (χ0v) is 16.2. The predicted molar refractivity (Wildman–Crippen MR) is 107 cm³/mol. The van der Waals surface area contributed by atoms with E-state index in [4.69, 9.17) is 9.26 Å². The fourth-order valence-corrected chi connectivity index (χ4v) is 3.70. The van der Waals surface area contributed by atoms with Crippen LogP contribution in [-0.2, 0) is 4.79 Å². The van der Waals surface area contributed by atoms with Crippen molar-refractivity contribution >= 4 is 16.9 Å². The van der Waals surface area contributed by atoms with Gasteiger partial charge in [-0.05, 0) is 49.6 Å². The Labute approximate surface area is 172 Å². The van der Waals surface area contributed by atoms with Gasteiger partial charge in [0, 0.05) is 12.1 Å². The van der Waals surface area contributed by atoms with Gasteiger partial charge in [0.1, 0.15) is 17.3 Å². The fourth-order valence-electron chi connectivity index (χ4n) is 3.70. The van der Waals surface area contributed by atoms with Crippen LogP contribution in [0.15, 0.2) is 53.1 Å². The van der Waals surface area contributed by atoms with Crippen LogP contribution < -0.4 is 4.74 Å². The summed E-state index contributed by atoms with van der Waals surface area (Å²) >= 11 is 0. The monoisotopic (exact) mass is 404 g/mol. The van der Waals surface area contributed by atoms with Crippen LogP contribution in [0.4, 0.5) is 0 Å². The van der Waals surface area contributed by atoms with Crippen LogP contribution >= 0.6 is 0 Å². The number of aromatic nitrogens is 5. The van der Waals surface area contributed by atoms with Gasteiger partial charge < -0.3 is 14.2 Å². The summed E-state index contributed by atoms with van der Waals surface area (Å²) in [7, 11) is 0. The van der Waals surface area contributed by atoms with E-state index >= 15 is 0 Å². The Morgan fingerprint density at radius 1 is 1.20 bits per heavy atom. The second-order valence-electron chi connectivity index (χ2n) is 7.20. The van der Waals surface area contributed by atoms with E-state index in [9.17, 15) is 4.79 Å². The standard InChI is InChI=1S/C21H20N6O3/c28-19(13-29-15-6-2-1-3-7-15)27-11-5-4-8-18(27)21-22-20(25-30-21)14-9-10-16-17(12-14)24-26-23-16/h1-3,6-7,9-10,12,18H,4-5,8,11,13H2,(H,23,24,26). The van der Waals surface area contributed by atoms with Gasteiger partial charge in [-0.25, -0.2) is 0 Å². The molecule has 1 aliphatic rings. The van der Waals surface area contributed by atoms with Gasteiger partial charge in [-0.1, -0.05) is 28.6 Å².